The van der Waals surface area contributed by atoms with E-state index in [9.17, 15) is 5.11 Å². The van der Waals surface area contributed by atoms with Gasteiger partial charge in [-0.1, -0.05) is 6.92 Å². The first kappa shape index (κ1) is 39.2. The molecule has 1 N–H and O–H groups in total. The molecule has 0 rings (SSSR count). The molecule has 15 heteroatoms. The molecule has 0 amide bonds. The molecule has 236 valence electrons. The van der Waals surface area contributed by atoms with Gasteiger partial charge in [-0.2, -0.15) is 0 Å². The van der Waals surface area contributed by atoms with Crippen molar-refractivity contribution in [1.82, 2.24) is 0 Å². The van der Waals surface area contributed by atoms with Crippen LogP contribution in [0, 0.1) is 5.41 Å². The van der Waals surface area contributed by atoms with Gasteiger partial charge in [0.15, 0.2) is 0 Å². The summed E-state index contributed by atoms with van der Waals surface area (Å²) in [4.78, 5) is 0. The average Bonchev–Trinajstić information content (AvgIpc) is 2.99. The molecule has 0 aliphatic rings. The lowest BCUT2D eigenvalue weighted by molar-refractivity contribution is -0.0720. The van der Waals surface area contributed by atoms with E-state index in [0.29, 0.717) is 57.8 Å². The number of aliphatic hydroxyl groups is 1. The van der Waals surface area contributed by atoms with Crippen LogP contribution < -0.4 is 0 Å². The maximum atomic E-state index is 9.67. The monoisotopic (exact) mass is 620 g/mol. The second-order valence-corrected chi connectivity index (χ2v) is 19.0. The fraction of sp³-hybridized carbons (Fsp3) is 1.00. The van der Waals surface area contributed by atoms with Gasteiger partial charge in [0.1, 0.15) is 0 Å². The van der Waals surface area contributed by atoms with Crippen LogP contribution in [0.3, 0.4) is 0 Å². The van der Waals surface area contributed by atoms with Crippen LogP contribution in [0.2, 0.25) is 18.1 Å². The minimum atomic E-state index is -2.62. The van der Waals surface area contributed by atoms with E-state index >= 15 is 0 Å². The summed E-state index contributed by atoms with van der Waals surface area (Å²) in [5, 5.41) is 9.67. The van der Waals surface area contributed by atoms with Crippen LogP contribution in [0.25, 0.3) is 0 Å². The van der Waals surface area contributed by atoms with Crippen molar-refractivity contribution in [2.75, 3.05) is 103 Å². The van der Waals surface area contributed by atoms with E-state index in [-0.39, 0.29) is 11.6 Å². The van der Waals surface area contributed by atoms with Crippen molar-refractivity contribution in [1.29, 1.82) is 0 Å². The van der Waals surface area contributed by atoms with Gasteiger partial charge in [0.2, 0.25) is 0 Å². The summed E-state index contributed by atoms with van der Waals surface area (Å²) >= 11 is 0. The van der Waals surface area contributed by atoms with E-state index in [1.807, 2.05) is 0 Å². The quantitative estimate of drug-likeness (QED) is 0.102. The minimum absolute atomic E-state index is 0.0840. The van der Waals surface area contributed by atoms with Gasteiger partial charge in [-0.25, -0.2) is 0 Å². The van der Waals surface area contributed by atoms with Crippen LogP contribution in [-0.4, -0.2) is 134 Å². The van der Waals surface area contributed by atoms with Gasteiger partial charge in [0.25, 0.3) is 0 Å². The number of rotatable bonds is 28. The molecule has 0 aliphatic heterocycles. The molecule has 12 nitrogen and oxygen atoms in total. The van der Waals surface area contributed by atoms with Crippen molar-refractivity contribution in [2.24, 2.45) is 5.41 Å². The van der Waals surface area contributed by atoms with E-state index in [4.69, 9.17) is 49.6 Å². The summed E-state index contributed by atoms with van der Waals surface area (Å²) in [6.45, 7) is 5.19. The van der Waals surface area contributed by atoms with E-state index in [1.165, 1.54) is 0 Å². The number of hydrogen-bond donors (Lipinski definition) is 1. The van der Waals surface area contributed by atoms with Crippen molar-refractivity contribution in [2.45, 2.75) is 50.7 Å². The van der Waals surface area contributed by atoms with Crippen LogP contribution in [0.1, 0.15) is 32.6 Å². The van der Waals surface area contributed by atoms with Gasteiger partial charge in [0, 0.05) is 94.2 Å². The van der Waals surface area contributed by atoms with Crippen molar-refractivity contribution in [3.8, 4) is 0 Å². The van der Waals surface area contributed by atoms with Crippen molar-refractivity contribution < 1.29 is 54.7 Å². The Morgan fingerprint density at radius 2 is 0.846 bits per heavy atom. The van der Waals surface area contributed by atoms with E-state index < -0.39 is 26.2 Å². The third kappa shape index (κ3) is 13.8. The maximum Gasteiger partial charge on any atom is 0.500 e. The Kier molecular flexibility index (Phi) is 21.9. The molecule has 0 bridgehead atoms. The lowest BCUT2D eigenvalue weighted by Crippen LogP contribution is -2.44. The predicted octanol–water partition coefficient (Wildman–Crippen LogP) is 2.63. The number of ether oxygens (including phenoxy) is 3. The lowest BCUT2D eigenvalue weighted by Gasteiger charge is -2.33. The molecule has 0 aromatic rings. The molecule has 0 fully saturated rings. The van der Waals surface area contributed by atoms with Gasteiger partial charge >= 0.3 is 26.2 Å². The maximum absolute atomic E-state index is 9.67. The first-order chi connectivity index (χ1) is 18.7. The Hall–Kier alpha value is 0.171. The molecule has 39 heavy (non-hydrogen) atoms. The topological polar surface area (TPSA) is 122 Å². The summed E-state index contributed by atoms with van der Waals surface area (Å²) in [7, 11) is 5.03. The van der Waals surface area contributed by atoms with Crippen LogP contribution in [-0.2, 0) is 49.6 Å². The molecule has 0 aliphatic carbocycles. The lowest BCUT2D eigenvalue weighted by atomic mass is 9.88. The molecule has 0 aromatic heterocycles. The third-order valence-electron chi connectivity index (χ3n) is 7.22. The van der Waals surface area contributed by atoms with E-state index in [0.717, 1.165) is 25.7 Å². The minimum Gasteiger partial charge on any atom is -0.396 e. The number of aliphatic hydroxyl groups excluding tert-OH is 1. The normalized spacial score (nSPS) is 13.4. The molecule has 0 unspecified atom stereocenters. The van der Waals surface area contributed by atoms with E-state index in [1.54, 1.807) is 56.9 Å². The second kappa shape index (κ2) is 21.8. The third-order valence-corrected chi connectivity index (χ3v) is 16.0. The molecule has 0 atom stereocenters. The zero-order valence-electron chi connectivity index (χ0n) is 25.8. The highest BCUT2D eigenvalue weighted by atomic mass is 28.4. The predicted molar refractivity (Wildman–Crippen MR) is 154 cm³/mol. The smallest absolute Gasteiger partial charge is 0.396 e. The Balaban J connectivity index is 4.98. The zero-order valence-corrected chi connectivity index (χ0v) is 28.8. The van der Waals surface area contributed by atoms with Crippen LogP contribution in [0.15, 0.2) is 0 Å². The summed E-state index contributed by atoms with van der Waals surface area (Å²) in [6.07, 6.45) is 2.97. The molecule has 0 radical (unpaired) electrons. The first-order valence-electron chi connectivity index (χ1n) is 13.5. The standard InChI is InChI=1S/C24H56O12Si3/c1-10-24(20-34-14-11-17-37(23-25,26-2)27-3,21-35-15-12-18-38(28-4,29-5)30-6)22-36-16-13-19-39(31-7,32-8)33-9/h25H,10-23H2,1-9H3. The molecule has 0 heterocycles. The van der Waals surface area contributed by atoms with Gasteiger partial charge in [-0.3, -0.25) is 0 Å². The van der Waals surface area contributed by atoms with Crippen molar-refractivity contribution in [3.05, 3.63) is 0 Å². The Morgan fingerprint density at radius 3 is 1.10 bits per heavy atom. The molecular formula is C24H56O12Si3. The van der Waals surface area contributed by atoms with E-state index in [2.05, 4.69) is 6.92 Å². The first-order valence-corrected chi connectivity index (χ1v) is 19.6. The molecule has 0 aromatic carbocycles. The highest BCUT2D eigenvalue weighted by Gasteiger charge is 2.38. The molecule has 0 saturated heterocycles. The van der Waals surface area contributed by atoms with Gasteiger partial charge in [-0.15, -0.1) is 0 Å². The summed E-state index contributed by atoms with van der Waals surface area (Å²) in [6, 6.07) is 1.99. The van der Waals surface area contributed by atoms with Gasteiger partial charge in [-0.05, 0) is 31.7 Å². The molecule has 0 saturated carbocycles. The molecule has 0 spiro atoms. The zero-order chi connectivity index (χ0) is 29.7. The fourth-order valence-electron chi connectivity index (χ4n) is 4.13. The average molecular weight is 621 g/mol. The van der Waals surface area contributed by atoms with Crippen LogP contribution in [0.5, 0.6) is 0 Å². The SMILES string of the molecule is CCC(COCCC[Si](CO)(OC)OC)(COCCC[Si](OC)(OC)OC)COCCC[Si](OC)(OC)OC. The summed E-state index contributed by atoms with van der Waals surface area (Å²) in [5.74, 6) is 0. The fourth-order valence-corrected chi connectivity index (χ4v) is 9.18. The Morgan fingerprint density at radius 1 is 0.513 bits per heavy atom. The van der Waals surface area contributed by atoms with Gasteiger partial charge in [0.05, 0.1) is 26.1 Å². The second-order valence-electron chi connectivity index (χ2n) is 9.39. The summed E-state index contributed by atoms with van der Waals surface area (Å²) < 4.78 is 62.3. The highest BCUT2D eigenvalue weighted by molar-refractivity contribution is 6.67. The Labute approximate surface area is 239 Å². The van der Waals surface area contributed by atoms with Crippen LogP contribution >= 0.6 is 0 Å². The largest absolute Gasteiger partial charge is 0.500 e. The number of hydrogen-bond acceptors (Lipinski definition) is 12. The Bertz CT molecular complexity index is 480. The highest BCUT2D eigenvalue weighted by Crippen LogP contribution is 2.26. The van der Waals surface area contributed by atoms with Crippen LogP contribution in [0.4, 0.5) is 0 Å². The summed E-state index contributed by atoms with van der Waals surface area (Å²) in [5.41, 5.74) is -0.315. The molecular weight excluding hydrogens is 565 g/mol. The van der Waals surface area contributed by atoms with Crippen molar-refractivity contribution in [3.63, 3.8) is 0 Å². The van der Waals surface area contributed by atoms with Crippen molar-refractivity contribution >= 4 is 26.2 Å². The van der Waals surface area contributed by atoms with Gasteiger partial charge < -0.3 is 54.7 Å².